The van der Waals surface area contributed by atoms with Crippen LogP contribution in [0.4, 0.5) is 0 Å². The Hall–Kier alpha value is -1.26. The first-order chi connectivity index (χ1) is 11.1. The van der Waals surface area contributed by atoms with Crippen molar-refractivity contribution in [2.75, 3.05) is 6.61 Å². The van der Waals surface area contributed by atoms with Crippen LogP contribution in [0.3, 0.4) is 0 Å². The van der Waals surface area contributed by atoms with E-state index >= 15 is 0 Å². The monoisotopic (exact) mass is 353 g/mol. The molecule has 0 aromatic heterocycles. The van der Waals surface area contributed by atoms with Gasteiger partial charge in [0.25, 0.3) is 0 Å². The highest BCUT2D eigenvalue weighted by Gasteiger charge is 2.09. The van der Waals surface area contributed by atoms with E-state index in [1.807, 2.05) is 43.3 Å². The van der Waals surface area contributed by atoms with Crippen molar-refractivity contribution in [3.63, 3.8) is 0 Å². The van der Waals surface area contributed by atoms with Crippen molar-refractivity contribution in [2.45, 2.75) is 32.5 Å². The Morgan fingerprint density at radius 1 is 1.13 bits per heavy atom. The maximum atomic E-state index is 9.28. The van der Waals surface area contributed by atoms with E-state index in [9.17, 15) is 5.11 Å². The smallest absolute Gasteiger partial charge is 0.124 e. The fourth-order valence-electron chi connectivity index (χ4n) is 2.19. The number of rotatable bonds is 8. The molecule has 0 saturated heterocycles. The maximum Gasteiger partial charge on any atom is 0.124 e. The summed E-state index contributed by atoms with van der Waals surface area (Å²) >= 11 is 12.2. The number of hydrogen-bond acceptors (Lipinski definition) is 3. The number of hydrogen-bond donors (Lipinski definition) is 2. The van der Waals surface area contributed by atoms with E-state index in [-0.39, 0.29) is 12.6 Å². The lowest BCUT2D eigenvalue weighted by molar-refractivity contribution is 0.237. The van der Waals surface area contributed by atoms with Crippen LogP contribution in [-0.2, 0) is 13.2 Å². The van der Waals surface area contributed by atoms with Gasteiger partial charge < -0.3 is 15.2 Å². The largest absolute Gasteiger partial charge is 0.489 e. The van der Waals surface area contributed by atoms with E-state index in [2.05, 4.69) is 5.32 Å². The molecule has 0 aliphatic carbocycles. The van der Waals surface area contributed by atoms with Gasteiger partial charge in [0.05, 0.1) is 6.61 Å². The van der Waals surface area contributed by atoms with E-state index in [4.69, 9.17) is 27.9 Å². The minimum absolute atomic E-state index is 0.0606. The highest BCUT2D eigenvalue weighted by molar-refractivity contribution is 6.31. The Bertz CT molecular complexity index is 630. The van der Waals surface area contributed by atoms with Crippen molar-refractivity contribution >= 4 is 23.2 Å². The lowest BCUT2D eigenvalue weighted by atomic mass is 10.1. The van der Waals surface area contributed by atoms with Gasteiger partial charge in [-0.25, -0.2) is 0 Å². The molecule has 2 N–H and O–H groups in total. The van der Waals surface area contributed by atoms with Crippen LogP contribution < -0.4 is 10.1 Å². The second-order valence-electron chi connectivity index (χ2n) is 5.30. The summed E-state index contributed by atoms with van der Waals surface area (Å²) in [6, 6.07) is 13.2. The van der Waals surface area contributed by atoms with Gasteiger partial charge in [0.15, 0.2) is 0 Å². The summed E-state index contributed by atoms with van der Waals surface area (Å²) in [5.74, 6) is 0.759. The second-order valence-corrected chi connectivity index (χ2v) is 6.14. The van der Waals surface area contributed by atoms with Crippen molar-refractivity contribution < 1.29 is 9.84 Å². The summed E-state index contributed by atoms with van der Waals surface area (Å²) in [6.07, 6.45) is 0.854. The van der Waals surface area contributed by atoms with Gasteiger partial charge in [-0.2, -0.15) is 0 Å². The van der Waals surface area contributed by atoms with Gasteiger partial charge in [-0.05, 0) is 30.7 Å². The first-order valence-electron chi connectivity index (χ1n) is 7.63. The van der Waals surface area contributed by atoms with Gasteiger partial charge in [0, 0.05) is 33.8 Å². The number of benzene rings is 2. The molecule has 0 aliphatic rings. The molecule has 2 rings (SSSR count). The van der Waals surface area contributed by atoms with Crippen molar-refractivity contribution in [3.8, 4) is 5.75 Å². The summed E-state index contributed by atoms with van der Waals surface area (Å²) in [5.41, 5.74) is 1.89. The summed E-state index contributed by atoms with van der Waals surface area (Å²) in [4.78, 5) is 0. The third-order valence-corrected chi connectivity index (χ3v) is 4.26. The Morgan fingerprint density at radius 3 is 2.61 bits per heavy atom. The van der Waals surface area contributed by atoms with Gasteiger partial charge in [0.1, 0.15) is 12.4 Å². The maximum absolute atomic E-state index is 9.28. The van der Waals surface area contributed by atoms with E-state index in [1.165, 1.54) is 0 Å². The van der Waals surface area contributed by atoms with Crippen molar-refractivity contribution in [1.82, 2.24) is 5.32 Å². The number of ether oxygens (including phenoxy) is 1. The van der Waals surface area contributed by atoms with Crippen molar-refractivity contribution in [1.29, 1.82) is 0 Å². The summed E-state index contributed by atoms with van der Waals surface area (Å²) < 4.78 is 5.91. The van der Waals surface area contributed by atoms with Crippen molar-refractivity contribution in [2.24, 2.45) is 0 Å². The molecule has 0 amide bonds. The van der Waals surface area contributed by atoms with Gasteiger partial charge in [-0.3, -0.25) is 0 Å². The molecule has 0 spiro atoms. The highest BCUT2D eigenvalue weighted by Crippen LogP contribution is 2.25. The van der Waals surface area contributed by atoms with Crippen LogP contribution in [0, 0.1) is 0 Å². The van der Waals surface area contributed by atoms with Crippen LogP contribution in [0.25, 0.3) is 0 Å². The van der Waals surface area contributed by atoms with Crippen LogP contribution in [0.1, 0.15) is 24.5 Å². The third kappa shape index (κ3) is 5.40. The third-order valence-electron chi connectivity index (χ3n) is 3.66. The first kappa shape index (κ1) is 18.1. The molecule has 1 atom stereocenters. The van der Waals surface area contributed by atoms with Gasteiger partial charge in [-0.1, -0.05) is 48.3 Å². The molecule has 0 aliphatic heterocycles. The van der Waals surface area contributed by atoms with Crippen LogP contribution in [0.15, 0.2) is 42.5 Å². The molecule has 124 valence electrons. The zero-order valence-corrected chi connectivity index (χ0v) is 14.6. The molecule has 2 aromatic carbocycles. The minimum Gasteiger partial charge on any atom is -0.489 e. The standard InChI is InChI=1S/C18H21Cl2NO2/c1-2-16(11-22)21-10-14-9-15(19)7-8-18(14)23-12-13-5-3-4-6-17(13)20/h3-9,16,21-22H,2,10-12H2,1H3. The molecular formula is C18H21Cl2NO2. The number of aliphatic hydroxyl groups excluding tert-OH is 1. The molecular weight excluding hydrogens is 333 g/mol. The molecule has 0 saturated carbocycles. The molecule has 5 heteroatoms. The van der Waals surface area contributed by atoms with Gasteiger partial charge in [0.2, 0.25) is 0 Å². The Morgan fingerprint density at radius 2 is 1.91 bits per heavy atom. The average molecular weight is 354 g/mol. The molecule has 0 radical (unpaired) electrons. The summed E-state index contributed by atoms with van der Waals surface area (Å²) in [5, 5.41) is 13.9. The molecule has 3 nitrogen and oxygen atoms in total. The number of halogens is 2. The van der Waals surface area contributed by atoms with Crippen LogP contribution in [0.5, 0.6) is 5.75 Å². The topological polar surface area (TPSA) is 41.5 Å². The first-order valence-corrected chi connectivity index (χ1v) is 8.38. The molecule has 0 heterocycles. The normalized spacial score (nSPS) is 12.2. The quantitative estimate of drug-likeness (QED) is 0.737. The van der Waals surface area contributed by atoms with Crippen LogP contribution >= 0.6 is 23.2 Å². The minimum atomic E-state index is 0.0606. The molecule has 0 fully saturated rings. The van der Waals surface area contributed by atoms with E-state index in [0.29, 0.717) is 23.2 Å². The molecule has 0 bridgehead atoms. The molecule has 2 aromatic rings. The average Bonchev–Trinajstić information content (AvgIpc) is 2.56. The Balaban J connectivity index is 2.07. The number of nitrogens with one attached hydrogen (secondary N) is 1. The van der Waals surface area contributed by atoms with Crippen molar-refractivity contribution in [3.05, 3.63) is 63.6 Å². The van der Waals surface area contributed by atoms with E-state index in [1.54, 1.807) is 6.07 Å². The fraction of sp³-hybridized carbons (Fsp3) is 0.333. The van der Waals surface area contributed by atoms with Gasteiger partial charge >= 0.3 is 0 Å². The predicted octanol–water partition coefficient (Wildman–Crippen LogP) is 4.43. The lowest BCUT2D eigenvalue weighted by Gasteiger charge is -2.17. The van der Waals surface area contributed by atoms with Gasteiger partial charge in [-0.15, -0.1) is 0 Å². The highest BCUT2D eigenvalue weighted by atomic mass is 35.5. The SMILES string of the molecule is CCC(CO)NCc1cc(Cl)ccc1OCc1ccccc1Cl. The molecule has 1 unspecified atom stereocenters. The van der Waals surface area contributed by atoms with Crippen LogP contribution in [0.2, 0.25) is 10.0 Å². The van der Waals surface area contributed by atoms with Crippen LogP contribution in [-0.4, -0.2) is 17.8 Å². The zero-order valence-electron chi connectivity index (χ0n) is 13.1. The predicted molar refractivity (Wildman–Crippen MR) is 95.2 cm³/mol. The number of aliphatic hydroxyl groups is 1. The second kappa shape index (κ2) is 9.14. The lowest BCUT2D eigenvalue weighted by Crippen LogP contribution is -2.31. The summed E-state index contributed by atoms with van der Waals surface area (Å²) in [7, 11) is 0. The Labute approximate surface area is 147 Å². The Kier molecular flexibility index (Phi) is 7.18. The zero-order chi connectivity index (χ0) is 16.7. The van der Waals surface area contributed by atoms with E-state index < -0.39 is 0 Å². The molecule has 23 heavy (non-hydrogen) atoms. The van der Waals surface area contributed by atoms with E-state index in [0.717, 1.165) is 23.3 Å². The summed E-state index contributed by atoms with van der Waals surface area (Å²) in [6.45, 7) is 3.11. The fourth-order valence-corrected chi connectivity index (χ4v) is 2.58.